The van der Waals surface area contributed by atoms with Crippen LogP contribution in [0.4, 0.5) is 13.2 Å². The zero-order valence-corrected chi connectivity index (χ0v) is 10.5. The van der Waals surface area contributed by atoms with Crippen molar-refractivity contribution in [2.24, 2.45) is 0 Å². The predicted molar refractivity (Wildman–Crippen MR) is 66.3 cm³/mol. The minimum absolute atomic E-state index is 0.156. The maximum atomic E-state index is 13.7. The summed E-state index contributed by atoms with van der Waals surface area (Å²) in [4.78, 5) is 0. The molecule has 1 N–H and O–H groups in total. The first-order valence-electron chi connectivity index (χ1n) is 5.80. The summed E-state index contributed by atoms with van der Waals surface area (Å²) in [6.45, 7) is 3.01. The van der Waals surface area contributed by atoms with Gasteiger partial charge >= 0.3 is 0 Å². The number of halogens is 3. The standard InChI is InChI=1S/C15H13F3O/c1-8-3-4-10(6-12(8)16)15(19)11-7-13(17)9(2)5-14(11)18/h3-7,15,19H,1-2H3. The van der Waals surface area contributed by atoms with E-state index in [0.717, 1.165) is 18.2 Å². The highest BCUT2D eigenvalue weighted by Crippen LogP contribution is 2.27. The fourth-order valence-electron chi connectivity index (χ4n) is 1.83. The highest BCUT2D eigenvalue weighted by Gasteiger charge is 2.18. The molecule has 19 heavy (non-hydrogen) atoms. The third-order valence-electron chi connectivity index (χ3n) is 3.08. The summed E-state index contributed by atoms with van der Waals surface area (Å²) in [6, 6.07) is 6.04. The van der Waals surface area contributed by atoms with E-state index < -0.39 is 23.6 Å². The molecule has 0 aliphatic carbocycles. The Labute approximate surface area is 109 Å². The van der Waals surface area contributed by atoms with Crippen molar-refractivity contribution in [3.8, 4) is 0 Å². The van der Waals surface area contributed by atoms with Crippen LogP contribution >= 0.6 is 0 Å². The van der Waals surface area contributed by atoms with Gasteiger partial charge in [-0.15, -0.1) is 0 Å². The van der Waals surface area contributed by atoms with Gasteiger partial charge < -0.3 is 5.11 Å². The molecular weight excluding hydrogens is 253 g/mol. The van der Waals surface area contributed by atoms with Crippen LogP contribution in [0, 0.1) is 31.3 Å². The molecule has 0 aromatic heterocycles. The Kier molecular flexibility index (Phi) is 3.62. The van der Waals surface area contributed by atoms with Crippen molar-refractivity contribution < 1.29 is 18.3 Å². The maximum Gasteiger partial charge on any atom is 0.129 e. The van der Waals surface area contributed by atoms with Crippen molar-refractivity contribution in [1.29, 1.82) is 0 Å². The first-order valence-corrected chi connectivity index (χ1v) is 5.80. The lowest BCUT2D eigenvalue weighted by Gasteiger charge is -2.14. The summed E-state index contributed by atoms with van der Waals surface area (Å²) < 4.78 is 40.6. The molecule has 2 aromatic carbocycles. The summed E-state index contributed by atoms with van der Waals surface area (Å²) in [5.41, 5.74) is 0.562. The molecule has 1 atom stereocenters. The Balaban J connectivity index is 2.46. The highest BCUT2D eigenvalue weighted by molar-refractivity contribution is 5.35. The van der Waals surface area contributed by atoms with Crippen molar-refractivity contribution in [2.45, 2.75) is 20.0 Å². The number of rotatable bonds is 2. The van der Waals surface area contributed by atoms with Crippen molar-refractivity contribution in [3.63, 3.8) is 0 Å². The van der Waals surface area contributed by atoms with Gasteiger partial charge in [-0.3, -0.25) is 0 Å². The summed E-state index contributed by atoms with van der Waals surface area (Å²) in [7, 11) is 0. The van der Waals surface area contributed by atoms with Gasteiger partial charge in [0.2, 0.25) is 0 Å². The Bertz CT molecular complexity index is 623. The fourth-order valence-corrected chi connectivity index (χ4v) is 1.83. The topological polar surface area (TPSA) is 20.2 Å². The van der Waals surface area contributed by atoms with Gasteiger partial charge in [-0.25, -0.2) is 13.2 Å². The van der Waals surface area contributed by atoms with E-state index in [9.17, 15) is 18.3 Å². The van der Waals surface area contributed by atoms with E-state index in [2.05, 4.69) is 0 Å². The molecule has 0 amide bonds. The summed E-state index contributed by atoms with van der Waals surface area (Å²) in [6.07, 6.45) is -1.40. The van der Waals surface area contributed by atoms with E-state index in [1.807, 2.05) is 0 Å². The van der Waals surface area contributed by atoms with Crippen LogP contribution in [0.2, 0.25) is 0 Å². The molecule has 100 valence electrons. The second kappa shape index (κ2) is 5.05. The molecule has 0 saturated heterocycles. The molecule has 0 aliphatic heterocycles. The molecule has 0 aliphatic rings. The second-order valence-electron chi connectivity index (χ2n) is 4.53. The smallest absolute Gasteiger partial charge is 0.129 e. The van der Waals surface area contributed by atoms with Crippen LogP contribution in [0.3, 0.4) is 0 Å². The lowest BCUT2D eigenvalue weighted by molar-refractivity contribution is 0.213. The third kappa shape index (κ3) is 2.63. The van der Waals surface area contributed by atoms with E-state index in [1.54, 1.807) is 6.92 Å². The second-order valence-corrected chi connectivity index (χ2v) is 4.53. The van der Waals surface area contributed by atoms with Gasteiger partial charge in [0.25, 0.3) is 0 Å². The fraction of sp³-hybridized carbons (Fsp3) is 0.200. The van der Waals surface area contributed by atoms with Crippen LogP contribution in [-0.2, 0) is 0 Å². The minimum Gasteiger partial charge on any atom is -0.384 e. The summed E-state index contributed by atoms with van der Waals surface area (Å²) in [5.74, 6) is -1.82. The van der Waals surface area contributed by atoms with Crippen LogP contribution in [-0.4, -0.2) is 5.11 Å². The Hall–Kier alpha value is -1.81. The molecule has 0 heterocycles. The molecule has 1 unspecified atom stereocenters. The molecular formula is C15H13F3O. The van der Waals surface area contributed by atoms with E-state index in [0.29, 0.717) is 5.56 Å². The predicted octanol–water partition coefficient (Wildman–Crippen LogP) is 3.80. The van der Waals surface area contributed by atoms with E-state index >= 15 is 0 Å². The highest BCUT2D eigenvalue weighted by atomic mass is 19.1. The van der Waals surface area contributed by atoms with Crippen molar-refractivity contribution in [2.75, 3.05) is 0 Å². The number of aliphatic hydroxyl groups excluding tert-OH is 1. The summed E-state index contributed by atoms with van der Waals surface area (Å²) >= 11 is 0. The molecule has 0 fully saturated rings. The van der Waals surface area contributed by atoms with Crippen LogP contribution in [0.5, 0.6) is 0 Å². The first-order chi connectivity index (χ1) is 8.90. The van der Waals surface area contributed by atoms with E-state index in [1.165, 1.54) is 19.1 Å². The normalized spacial score (nSPS) is 12.5. The van der Waals surface area contributed by atoms with Crippen LogP contribution in [0.15, 0.2) is 30.3 Å². The van der Waals surface area contributed by atoms with Gasteiger partial charge in [0.05, 0.1) is 0 Å². The van der Waals surface area contributed by atoms with E-state index in [-0.39, 0.29) is 16.7 Å². The molecule has 0 spiro atoms. The zero-order valence-electron chi connectivity index (χ0n) is 10.5. The number of hydrogen-bond donors (Lipinski definition) is 1. The third-order valence-corrected chi connectivity index (χ3v) is 3.08. The van der Waals surface area contributed by atoms with E-state index in [4.69, 9.17) is 0 Å². The molecule has 1 nitrogen and oxygen atoms in total. The van der Waals surface area contributed by atoms with Crippen molar-refractivity contribution in [3.05, 3.63) is 70.0 Å². The average molecular weight is 266 g/mol. The molecule has 0 radical (unpaired) electrons. The van der Waals surface area contributed by atoms with Gasteiger partial charge in [0, 0.05) is 5.56 Å². The molecule has 2 aromatic rings. The average Bonchev–Trinajstić information content (AvgIpc) is 2.36. The molecule has 2 rings (SSSR count). The van der Waals surface area contributed by atoms with Gasteiger partial charge in [-0.1, -0.05) is 12.1 Å². The lowest BCUT2D eigenvalue weighted by atomic mass is 9.98. The van der Waals surface area contributed by atoms with Crippen molar-refractivity contribution >= 4 is 0 Å². The van der Waals surface area contributed by atoms with Crippen LogP contribution in [0.1, 0.15) is 28.4 Å². The Morgan fingerprint density at radius 1 is 0.842 bits per heavy atom. The molecule has 0 saturated carbocycles. The van der Waals surface area contributed by atoms with Crippen LogP contribution < -0.4 is 0 Å². The molecule has 4 heteroatoms. The van der Waals surface area contributed by atoms with Gasteiger partial charge in [-0.05, 0) is 48.7 Å². The largest absolute Gasteiger partial charge is 0.384 e. The van der Waals surface area contributed by atoms with Gasteiger partial charge in [0.1, 0.15) is 23.6 Å². The zero-order chi connectivity index (χ0) is 14.2. The number of aryl methyl sites for hydroxylation is 2. The number of benzene rings is 2. The number of aliphatic hydroxyl groups is 1. The summed E-state index contributed by atoms with van der Waals surface area (Å²) in [5, 5.41) is 10.0. The van der Waals surface area contributed by atoms with Crippen LogP contribution in [0.25, 0.3) is 0 Å². The number of hydrogen-bond acceptors (Lipinski definition) is 1. The lowest BCUT2D eigenvalue weighted by Crippen LogP contribution is -2.05. The SMILES string of the molecule is Cc1ccc(C(O)c2cc(F)c(C)cc2F)cc1F. The van der Waals surface area contributed by atoms with Crippen molar-refractivity contribution in [1.82, 2.24) is 0 Å². The minimum atomic E-state index is -1.40. The molecule has 0 bridgehead atoms. The monoisotopic (exact) mass is 266 g/mol. The van der Waals surface area contributed by atoms with Gasteiger partial charge in [0.15, 0.2) is 0 Å². The Morgan fingerprint density at radius 2 is 1.47 bits per heavy atom. The first kappa shape index (κ1) is 13.6. The maximum absolute atomic E-state index is 13.7. The quantitative estimate of drug-likeness (QED) is 0.876. The van der Waals surface area contributed by atoms with Gasteiger partial charge in [-0.2, -0.15) is 0 Å². The Morgan fingerprint density at radius 3 is 2.11 bits per heavy atom.